The number of nitrogens with zero attached hydrogens (tertiary/aromatic N) is 2. The van der Waals surface area contributed by atoms with E-state index in [1.54, 1.807) is 14.2 Å². The maximum atomic E-state index is 5.97. The van der Waals surface area contributed by atoms with Crippen molar-refractivity contribution in [1.82, 2.24) is 9.80 Å². The SMILES string of the molecule is COC(OC)C(C)(CN)N1CCN(C(C)C)CC1. The number of hydrogen-bond acceptors (Lipinski definition) is 5. The van der Waals surface area contributed by atoms with Gasteiger partial charge in [-0.25, -0.2) is 0 Å². The number of hydrogen-bond donors (Lipinski definition) is 1. The molecule has 1 saturated heterocycles. The Bertz CT molecular complexity index is 238. The van der Waals surface area contributed by atoms with Crippen LogP contribution in [0.25, 0.3) is 0 Å². The number of methoxy groups -OCH3 is 2. The van der Waals surface area contributed by atoms with Crippen molar-refractivity contribution in [3.63, 3.8) is 0 Å². The monoisotopic (exact) mass is 259 g/mol. The highest BCUT2D eigenvalue weighted by Crippen LogP contribution is 2.23. The number of nitrogens with two attached hydrogens (primary N) is 1. The van der Waals surface area contributed by atoms with Gasteiger partial charge in [-0.15, -0.1) is 0 Å². The van der Waals surface area contributed by atoms with Crippen molar-refractivity contribution >= 4 is 0 Å². The smallest absolute Gasteiger partial charge is 0.176 e. The van der Waals surface area contributed by atoms with Crippen LogP contribution in [-0.4, -0.2) is 74.6 Å². The highest BCUT2D eigenvalue weighted by molar-refractivity contribution is 4.93. The van der Waals surface area contributed by atoms with Crippen molar-refractivity contribution in [1.29, 1.82) is 0 Å². The zero-order valence-corrected chi connectivity index (χ0v) is 12.5. The Morgan fingerprint density at radius 2 is 1.61 bits per heavy atom. The molecule has 5 nitrogen and oxygen atoms in total. The lowest BCUT2D eigenvalue weighted by Crippen LogP contribution is -2.65. The predicted octanol–water partition coefficient (Wildman–Crippen LogP) is 0.349. The van der Waals surface area contributed by atoms with Crippen molar-refractivity contribution in [2.24, 2.45) is 5.73 Å². The van der Waals surface area contributed by atoms with Crippen LogP contribution in [0.4, 0.5) is 0 Å². The van der Waals surface area contributed by atoms with Crippen LogP contribution in [0.3, 0.4) is 0 Å². The van der Waals surface area contributed by atoms with E-state index < -0.39 is 0 Å². The van der Waals surface area contributed by atoms with E-state index in [4.69, 9.17) is 15.2 Å². The minimum absolute atomic E-state index is 0.257. The molecule has 18 heavy (non-hydrogen) atoms. The van der Waals surface area contributed by atoms with Gasteiger partial charge < -0.3 is 15.2 Å². The molecule has 5 heteroatoms. The molecule has 1 heterocycles. The molecule has 0 aromatic carbocycles. The molecular formula is C13H29N3O2. The average Bonchev–Trinajstić information content (AvgIpc) is 2.39. The van der Waals surface area contributed by atoms with Gasteiger partial charge in [0, 0.05) is 53.0 Å². The third-order valence-electron chi connectivity index (χ3n) is 4.12. The Morgan fingerprint density at radius 3 is 1.94 bits per heavy atom. The summed E-state index contributed by atoms with van der Waals surface area (Å²) in [5, 5.41) is 0. The van der Waals surface area contributed by atoms with Crippen molar-refractivity contribution < 1.29 is 9.47 Å². The zero-order chi connectivity index (χ0) is 13.8. The van der Waals surface area contributed by atoms with Crippen LogP contribution in [0, 0.1) is 0 Å². The summed E-state index contributed by atoms with van der Waals surface area (Å²) >= 11 is 0. The van der Waals surface area contributed by atoms with Crippen molar-refractivity contribution in [3.8, 4) is 0 Å². The molecule has 1 fully saturated rings. The fourth-order valence-corrected chi connectivity index (χ4v) is 2.73. The lowest BCUT2D eigenvalue weighted by molar-refractivity contribution is -0.186. The summed E-state index contributed by atoms with van der Waals surface area (Å²) < 4.78 is 10.9. The second-order valence-electron chi connectivity index (χ2n) is 5.48. The summed E-state index contributed by atoms with van der Waals surface area (Å²) in [6, 6.07) is 0.608. The van der Waals surface area contributed by atoms with Crippen molar-refractivity contribution in [2.45, 2.75) is 38.6 Å². The quantitative estimate of drug-likeness (QED) is 0.698. The van der Waals surface area contributed by atoms with Gasteiger partial charge in [-0.1, -0.05) is 0 Å². The van der Waals surface area contributed by atoms with E-state index in [0.29, 0.717) is 12.6 Å². The minimum Gasteiger partial charge on any atom is -0.354 e. The van der Waals surface area contributed by atoms with Crippen LogP contribution in [0.15, 0.2) is 0 Å². The standard InChI is InChI=1S/C13H29N3O2/c1-11(2)15-6-8-16(9-7-15)13(3,10-14)12(17-4)18-5/h11-12H,6-10,14H2,1-5H3. The molecule has 0 aromatic rings. The van der Waals surface area contributed by atoms with Gasteiger partial charge in [0.15, 0.2) is 6.29 Å². The maximum absolute atomic E-state index is 5.97. The van der Waals surface area contributed by atoms with Gasteiger partial charge in [0.05, 0.1) is 5.54 Å². The molecule has 0 amide bonds. The Morgan fingerprint density at radius 1 is 1.11 bits per heavy atom. The van der Waals surface area contributed by atoms with Crippen LogP contribution in [-0.2, 0) is 9.47 Å². The normalized spacial score (nSPS) is 22.7. The van der Waals surface area contributed by atoms with E-state index in [-0.39, 0.29) is 11.8 Å². The van der Waals surface area contributed by atoms with E-state index in [2.05, 4.69) is 30.6 Å². The molecule has 0 aliphatic carbocycles. The van der Waals surface area contributed by atoms with Crippen LogP contribution < -0.4 is 5.73 Å². The molecule has 0 radical (unpaired) electrons. The topological polar surface area (TPSA) is 51.0 Å². The van der Waals surface area contributed by atoms with Crippen molar-refractivity contribution in [3.05, 3.63) is 0 Å². The fourth-order valence-electron chi connectivity index (χ4n) is 2.73. The molecule has 0 saturated carbocycles. The fraction of sp³-hybridized carbons (Fsp3) is 1.00. The van der Waals surface area contributed by atoms with Crippen molar-refractivity contribution in [2.75, 3.05) is 46.9 Å². The molecule has 2 N–H and O–H groups in total. The first-order valence-corrected chi connectivity index (χ1v) is 6.74. The molecule has 1 rings (SSSR count). The predicted molar refractivity (Wildman–Crippen MR) is 73.5 cm³/mol. The second kappa shape index (κ2) is 6.82. The second-order valence-corrected chi connectivity index (χ2v) is 5.48. The largest absolute Gasteiger partial charge is 0.354 e. The Labute approximate surface area is 111 Å². The first-order chi connectivity index (χ1) is 8.49. The molecule has 0 bridgehead atoms. The zero-order valence-electron chi connectivity index (χ0n) is 12.5. The van der Waals surface area contributed by atoms with E-state index >= 15 is 0 Å². The summed E-state index contributed by atoms with van der Waals surface area (Å²) in [6.45, 7) is 11.3. The van der Waals surface area contributed by atoms with E-state index in [9.17, 15) is 0 Å². The summed E-state index contributed by atoms with van der Waals surface area (Å²) in [4.78, 5) is 4.88. The first-order valence-electron chi connectivity index (χ1n) is 6.74. The van der Waals surface area contributed by atoms with Gasteiger partial charge in [-0.3, -0.25) is 9.80 Å². The van der Waals surface area contributed by atoms with Gasteiger partial charge in [0.1, 0.15) is 0 Å². The highest BCUT2D eigenvalue weighted by Gasteiger charge is 2.40. The van der Waals surface area contributed by atoms with Gasteiger partial charge >= 0.3 is 0 Å². The molecule has 1 unspecified atom stereocenters. The number of ether oxygens (including phenoxy) is 2. The maximum Gasteiger partial charge on any atom is 0.176 e. The van der Waals surface area contributed by atoms with Gasteiger partial charge in [-0.2, -0.15) is 0 Å². The van der Waals surface area contributed by atoms with Crippen LogP contribution >= 0.6 is 0 Å². The van der Waals surface area contributed by atoms with E-state index in [0.717, 1.165) is 26.2 Å². The molecule has 1 aliphatic rings. The molecule has 1 atom stereocenters. The van der Waals surface area contributed by atoms with E-state index in [1.807, 2.05) is 0 Å². The molecule has 108 valence electrons. The minimum atomic E-state index is -0.284. The molecule has 0 spiro atoms. The van der Waals surface area contributed by atoms with E-state index in [1.165, 1.54) is 0 Å². The molecule has 0 aromatic heterocycles. The number of rotatable bonds is 6. The van der Waals surface area contributed by atoms with Crippen LogP contribution in [0.1, 0.15) is 20.8 Å². The lowest BCUT2D eigenvalue weighted by Gasteiger charge is -2.48. The van der Waals surface area contributed by atoms with Crippen LogP contribution in [0.2, 0.25) is 0 Å². The Balaban J connectivity index is 2.67. The first kappa shape index (κ1) is 15.9. The summed E-state index contributed by atoms with van der Waals surface area (Å²) in [5.74, 6) is 0. The van der Waals surface area contributed by atoms with Crippen LogP contribution in [0.5, 0.6) is 0 Å². The third kappa shape index (κ3) is 3.22. The summed E-state index contributed by atoms with van der Waals surface area (Å²) in [5.41, 5.74) is 5.71. The molecular weight excluding hydrogens is 230 g/mol. The average molecular weight is 259 g/mol. The lowest BCUT2D eigenvalue weighted by atomic mass is 9.97. The highest BCUT2D eigenvalue weighted by atomic mass is 16.7. The third-order valence-corrected chi connectivity index (χ3v) is 4.12. The summed E-state index contributed by atoms with van der Waals surface area (Å²) in [7, 11) is 3.35. The Hall–Kier alpha value is -0.200. The van der Waals surface area contributed by atoms with Gasteiger partial charge in [0.25, 0.3) is 0 Å². The Kier molecular flexibility index (Phi) is 6.01. The molecule has 1 aliphatic heterocycles. The summed E-state index contributed by atoms with van der Waals surface area (Å²) in [6.07, 6.45) is -0.284. The van der Waals surface area contributed by atoms with Gasteiger partial charge in [-0.05, 0) is 20.8 Å². The number of piperazine rings is 1. The van der Waals surface area contributed by atoms with Gasteiger partial charge in [0.2, 0.25) is 0 Å².